The van der Waals surface area contributed by atoms with E-state index in [1.165, 1.54) is 17.0 Å². The molecule has 9 heteroatoms. The molecule has 1 fully saturated rings. The molecule has 7 nitrogen and oxygen atoms in total. The van der Waals surface area contributed by atoms with Crippen molar-refractivity contribution in [1.29, 1.82) is 0 Å². The van der Waals surface area contributed by atoms with Crippen LogP contribution in [0.4, 0.5) is 5.69 Å². The van der Waals surface area contributed by atoms with E-state index in [-0.39, 0.29) is 29.1 Å². The highest BCUT2D eigenvalue weighted by Crippen LogP contribution is 2.29. The molecule has 3 aromatic rings. The van der Waals surface area contributed by atoms with Gasteiger partial charge in [-0.3, -0.25) is 13.9 Å². The van der Waals surface area contributed by atoms with Crippen molar-refractivity contribution in [3.63, 3.8) is 0 Å². The average molecular weight is 596 g/mol. The normalized spacial score (nSPS) is 14.4. The summed E-state index contributed by atoms with van der Waals surface area (Å²) in [5.41, 5.74) is 3.00. The van der Waals surface area contributed by atoms with Crippen molar-refractivity contribution in [2.24, 2.45) is 0 Å². The number of halogens is 1. The molecule has 0 heterocycles. The number of rotatable bonds is 11. The number of nitrogens with zero attached hydrogens (tertiary/aromatic N) is 2. The molecule has 2 amide bonds. The van der Waals surface area contributed by atoms with E-state index in [0.717, 1.165) is 46.7 Å². The smallest absolute Gasteiger partial charge is 0.264 e. The van der Waals surface area contributed by atoms with E-state index >= 15 is 0 Å². The van der Waals surface area contributed by atoms with Crippen LogP contribution in [0.25, 0.3) is 0 Å². The van der Waals surface area contributed by atoms with E-state index in [9.17, 15) is 18.0 Å². The zero-order valence-corrected chi connectivity index (χ0v) is 25.4. The standard InChI is InChI=1S/C32H38ClN3O4S/c1-23-13-17-29(18-14-23)41(39,40)36(28-16-15-24(2)30(33)21-28)22-31(37)35(20-19-26-9-5-4-6-10-26)25(3)32(38)34-27-11-7-8-12-27/h4-6,9-10,13-18,21,25,27H,7-8,11-12,19-20,22H2,1-3H3,(H,34,38)/t25-/m0/s1. The summed E-state index contributed by atoms with van der Waals surface area (Å²) in [7, 11) is -4.13. The highest BCUT2D eigenvalue weighted by atomic mass is 35.5. The largest absolute Gasteiger partial charge is 0.352 e. The number of carbonyl (C=O) groups is 2. The molecule has 1 saturated carbocycles. The first-order valence-corrected chi connectivity index (χ1v) is 15.9. The van der Waals surface area contributed by atoms with Crippen molar-refractivity contribution in [2.45, 2.75) is 69.9 Å². The first-order valence-electron chi connectivity index (χ1n) is 14.1. The number of benzene rings is 3. The van der Waals surface area contributed by atoms with Gasteiger partial charge >= 0.3 is 0 Å². The van der Waals surface area contributed by atoms with E-state index in [2.05, 4.69) is 5.32 Å². The lowest BCUT2D eigenvalue weighted by molar-refractivity contribution is -0.139. The zero-order valence-electron chi connectivity index (χ0n) is 23.8. The lowest BCUT2D eigenvalue weighted by Crippen LogP contribution is -2.53. The summed E-state index contributed by atoms with van der Waals surface area (Å²) in [6, 6.07) is 20.5. The first-order chi connectivity index (χ1) is 19.6. The number of hydrogen-bond donors (Lipinski definition) is 1. The van der Waals surface area contributed by atoms with E-state index in [1.54, 1.807) is 37.3 Å². The van der Waals surface area contributed by atoms with Crippen LogP contribution in [0.15, 0.2) is 77.7 Å². The zero-order chi connectivity index (χ0) is 29.6. The third kappa shape index (κ3) is 7.68. The topological polar surface area (TPSA) is 86.8 Å². The predicted octanol–water partition coefficient (Wildman–Crippen LogP) is 5.67. The number of nitrogens with one attached hydrogen (secondary N) is 1. The van der Waals surface area contributed by atoms with Crippen molar-refractivity contribution < 1.29 is 18.0 Å². The third-order valence-electron chi connectivity index (χ3n) is 7.68. The Bertz CT molecular complexity index is 1460. The summed E-state index contributed by atoms with van der Waals surface area (Å²) in [4.78, 5) is 28.9. The number of anilines is 1. The molecular weight excluding hydrogens is 558 g/mol. The fourth-order valence-electron chi connectivity index (χ4n) is 5.07. The second kappa shape index (κ2) is 13.5. The second-order valence-corrected chi connectivity index (χ2v) is 13.0. The maximum atomic E-state index is 14.0. The van der Waals surface area contributed by atoms with Crippen LogP contribution in [0.5, 0.6) is 0 Å². The monoisotopic (exact) mass is 595 g/mol. The second-order valence-electron chi connectivity index (χ2n) is 10.7. The molecule has 0 unspecified atom stereocenters. The fourth-order valence-corrected chi connectivity index (χ4v) is 6.65. The minimum Gasteiger partial charge on any atom is -0.352 e. The first kappa shape index (κ1) is 30.6. The summed E-state index contributed by atoms with van der Waals surface area (Å²) in [6.45, 7) is 5.18. The average Bonchev–Trinajstić information content (AvgIpc) is 3.47. The molecule has 1 N–H and O–H groups in total. The Morgan fingerprint density at radius 2 is 1.63 bits per heavy atom. The van der Waals surface area contributed by atoms with Crippen molar-refractivity contribution in [1.82, 2.24) is 10.2 Å². The van der Waals surface area contributed by atoms with E-state index < -0.39 is 28.5 Å². The van der Waals surface area contributed by atoms with Gasteiger partial charge in [-0.05, 0) is 75.4 Å². The van der Waals surface area contributed by atoms with Crippen molar-refractivity contribution in [3.8, 4) is 0 Å². The summed E-state index contributed by atoms with van der Waals surface area (Å²) >= 11 is 6.39. The molecule has 1 aliphatic carbocycles. The Labute approximate surface area is 248 Å². The predicted molar refractivity (Wildman–Crippen MR) is 164 cm³/mol. The van der Waals surface area contributed by atoms with E-state index in [4.69, 9.17) is 11.6 Å². The van der Waals surface area contributed by atoms with Gasteiger partial charge in [-0.25, -0.2) is 8.42 Å². The molecule has 4 rings (SSSR count). The quantitative estimate of drug-likeness (QED) is 0.309. The lowest BCUT2D eigenvalue weighted by Gasteiger charge is -2.32. The SMILES string of the molecule is Cc1ccc(S(=O)(=O)N(CC(=O)N(CCc2ccccc2)[C@@H](C)C(=O)NC2CCCC2)c2ccc(C)c(Cl)c2)cc1. The van der Waals surface area contributed by atoms with Gasteiger partial charge in [-0.1, -0.05) is 78.5 Å². The summed E-state index contributed by atoms with van der Waals surface area (Å²) in [6.07, 6.45) is 4.51. The van der Waals surface area contributed by atoms with Gasteiger partial charge < -0.3 is 10.2 Å². The number of carbonyl (C=O) groups excluding carboxylic acids is 2. The molecule has 41 heavy (non-hydrogen) atoms. The van der Waals surface area contributed by atoms with Crippen LogP contribution >= 0.6 is 11.6 Å². The Hall–Kier alpha value is -3.36. The van der Waals surface area contributed by atoms with Gasteiger partial charge in [0.15, 0.2) is 0 Å². The van der Waals surface area contributed by atoms with E-state index in [1.807, 2.05) is 44.2 Å². The van der Waals surface area contributed by atoms with Crippen LogP contribution in [0.2, 0.25) is 5.02 Å². The molecule has 0 aromatic heterocycles. The van der Waals surface area contributed by atoms with E-state index in [0.29, 0.717) is 11.4 Å². The van der Waals surface area contributed by atoms with Crippen LogP contribution in [0.3, 0.4) is 0 Å². The Morgan fingerprint density at radius 1 is 0.976 bits per heavy atom. The van der Waals surface area contributed by atoms with Gasteiger partial charge in [-0.2, -0.15) is 0 Å². The van der Waals surface area contributed by atoms with Gasteiger partial charge in [-0.15, -0.1) is 0 Å². The Kier molecular flexibility index (Phi) is 10.1. The van der Waals surface area contributed by atoms with Gasteiger partial charge in [0.2, 0.25) is 11.8 Å². The summed E-state index contributed by atoms with van der Waals surface area (Å²) < 4.78 is 29.0. The van der Waals surface area contributed by atoms with Crippen LogP contribution in [0.1, 0.15) is 49.3 Å². The van der Waals surface area contributed by atoms with Crippen molar-refractivity contribution in [2.75, 3.05) is 17.4 Å². The molecule has 218 valence electrons. The molecule has 3 aromatic carbocycles. The number of hydrogen-bond acceptors (Lipinski definition) is 4. The Balaban J connectivity index is 1.66. The minimum atomic E-state index is -4.13. The third-order valence-corrected chi connectivity index (χ3v) is 9.88. The van der Waals surface area contributed by atoms with Gasteiger partial charge in [0.05, 0.1) is 10.6 Å². The summed E-state index contributed by atoms with van der Waals surface area (Å²) in [5.74, 6) is -0.702. The number of aryl methyl sites for hydroxylation is 2. The molecule has 0 bridgehead atoms. The van der Waals surface area contributed by atoms with Gasteiger partial charge in [0.1, 0.15) is 12.6 Å². The van der Waals surface area contributed by atoms with Crippen LogP contribution in [0, 0.1) is 13.8 Å². The van der Waals surface area contributed by atoms with Crippen LogP contribution in [-0.4, -0.2) is 50.3 Å². The van der Waals surface area contributed by atoms with Gasteiger partial charge in [0.25, 0.3) is 10.0 Å². The molecule has 0 spiro atoms. The molecule has 1 atom stereocenters. The number of amides is 2. The minimum absolute atomic E-state index is 0.0652. The van der Waals surface area contributed by atoms with Crippen molar-refractivity contribution >= 4 is 39.1 Å². The highest BCUT2D eigenvalue weighted by molar-refractivity contribution is 7.92. The van der Waals surface area contributed by atoms with Crippen LogP contribution < -0.4 is 9.62 Å². The lowest BCUT2D eigenvalue weighted by atomic mass is 10.1. The molecule has 0 radical (unpaired) electrons. The van der Waals surface area contributed by atoms with Crippen LogP contribution in [-0.2, 0) is 26.0 Å². The van der Waals surface area contributed by atoms with Crippen molar-refractivity contribution in [3.05, 3.63) is 94.5 Å². The number of sulfonamides is 1. The maximum absolute atomic E-state index is 14.0. The molecule has 1 aliphatic rings. The summed E-state index contributed by atoms with van der Waals surface area (Å²) in [5, 5.41) is 3.48. The Morgan fingerprint density at radius 3 is 2.27 bits per heavy atom. The van der Waals surface area contributed by atoms with Gasteiger partial charge in [0, 0.05) is 17.6 Å². The molecular formula is C32H38ClN3O4S. The maximum Gasteiger partial charge on any atom is 0.264 e. The molecule has 0 aliphatic heterocycles. The fraction of sp³-hybridized carbons (Fsp3) is 0.375. The molecule has 0 saturated heterocycles. The highest BCUT2D eigenvalue weighted by Gasteiger charge is 2.33.